The quantitative estimate of drug-likeness (QED) is 0.535. The zero-order valence-corrected chi connectivity index (χ0v) is 16.8. The van der Waals surface area contributed by atoms with Crippen molar-refractivity contribution in [3.63, 3.8) is 0 Å². The van der Waals surface area contributed by atoms with Gasteiger partial charge >= 0.3 is 0 Å². The molecule has 0 fully saturated rings. The molecule has 3 aromatic rings. The summed E-state index contributed by atoms with van der Waals surface area (Å²) in [6.07, 6.45) is 0.875. The first-order chi connectivity index (χ1) is 14.0. The van der Waals surface area contributed by atoms with Crippen molar-refractivity contribution in [3.05, 3.63) is 66.0 Å². The fraction of sp³-hybridized carbons (Fsp3) is 0.227. The van der Waals surface area contributed by atoms with E-state index in [1.165, 1.54) is 12.5 Å². The molecule has 1 amide bonds. The van der Waals surface area contributed by atoms with Gasteiger partial charge in [0.2, 0.25) is 5.91 Å². The van der Waals surface area contributed by atoms with Gasteiger partial charge in [-0.1, -0.05) is 12.1 Å². The summed E-state index contributed by atoms with van der Waals surface area (Å²) in [4.78, 5) is 20.0. The lowest BCUT2D eigenvalue weighted by molar-refractivity contribution is -0.114. The van der Waals surface area contributed by atoms with Crippen LogP contribution in [0.5, 0.6) is 5.75 Å². The van der Waals surface area contributed by atoms with Crippen LogP contribution in [-0.2, 0) is 11.2 Å². The number of nitrogens with zero attached hydrogens (tertiary/aromatic N) is 2. The molecular weight excluding hydrogens is 366 g/mol. The standard InChI is InChI=1S/C22H25N5O2/c1-15-24-21(23-13-12-17-4-10-20(29-3)11-5-17)14-22(25-15)27-19-8-6-18(7-9-19)26-16(2)28/h4-11,14H,12-13H2,1-3H3,(H,26,28)(H2,23,24,25,27). The number of hydrogen-bond acceptors (Lipinski definition) is 6. The summed E-state index contributed by atoms with van der Waals surface area (Å²) in [6.45, 7) is 4.10. The molecule has 3 rings (SSSR count). The van der Waals surface area contributed by atoms with Crippen LogP contribution in [0.4, 0.5) is 23.0 Å². The summed E-state index contributed by atoms with van der Waals surface area (Å²) in [5, 5.41) is 9.37. The minimum Gasteiger partial charge on any atom is -0.497 e. The van der Waals surface area contributed by atoms with Crippen molar-refractivity contribution in [3.8, 4) is 5.75 Å². The van der Waals surface area contributed by atoms with E-state index in [-0.39, 0.29) is 5.91 Å². The van der Waals surface area contributed by atoms with E-state index in [2.05, 4.69) is 38.1 Å². The maximum atomic E-state index is 11.1. The number of hydrogen-bond donors (Lipinski definition) is 3. The van der Waals surface area contributed by atoms with E-state index in [9.17, 15) is 4.79 Å². The number of carbonyl (C=O) groups excluding carboxylic acids is 1. The maximum Gasteiger partial charge on any atom is 0.221 e. The second-order valence-corrected chi connectivity index (χ2v) is 6.59. The van der Waals surface area contributed by atoms with Crippen LogP contribution in [0.25, 0.3) is 0 Å². The molecule has 0 saturated heterocycles. The molecule has 0 unspecified atom stereocenters. The van der Waals surface area contributed by atoms with Gasteiger partial charge in [-0.3, -0.25) is 4.79 Å². The molecule has 3 N–H and O–H groups in total. The molecule has 0 aliphatic carbocycles. The average Bonchev–Trinajstić information content (AvgIpc) is 2.69. The Labute approximate surface area is 170 Å². The predicted octanol–water partition coefficient (Wildman–Crippen LogP) is 4.15. The van der Waals surface area contributed by atoms with Crippen molar-refractivity contribution >= 4 is 28.9 Å². The number of rotatable bonds is 8. The highest BCUT2D eigenvalue weighted by Gasteiger charge is 2.04. The summed E-state index contributed by atoms with van der Waals surface area (Å²) in [5.74, 6) is 2.91. The number of benzene rings is 2. The van der Waals surface area contributed by atoms with Crippen LogP contribution in [0.2, 0.25) is 0 Å². The first-order valence-corrected chi connectivity index (χ1v) is 9.39. The van der Waals surface area contributed by atoms with E-state index < -0.39 is 0 Å². The first-order valence-electron chi connectivity index (χ1n) is 9.39. The number of carbonyl (C=O) groups is 1. The van der Waals surface area contributed by atoms with Crippen LogP contribution in [-0.4, -0.2) is 29.5 Å². The van der Waals surface area contributed by atoms with E-state index in [0.717, 1.165) is 35.9 Å². The van der Waals surface area contributed by atoms with E-state index >= 15 is 0 Å². The van der Waals surface area contributed by atoms with Crippen molar-refractivity contribution in [2.24, 2.45) is 0 Å². The van der Waals surface area contributed by atoms with Crippen molar-refractivity contribution in [2.75, 3.05) is 29.6 Å². The van der Waals surface area contributed by atoms with Gasteiger partial charge in [0, 0.05) is 30.9 Å². The Kier molecular flexibility index (Phi) is 6.63. The smallest absolute Gasteiger partial charge is 0.221 e. The number of aryl methyl sites for hydroxylation is 1. The van der Waals surface area contributed by atoms with Gasteiger partial charge in [0.1, 0.15) is 23.2 Å². The van der Waals surface area contributed by atoms with Crippen LogP contribution in [0.3, 0.4) is 0 Å². The third-order valence-electron chi connectivity index (χ3n) is 4.19. The number of aromatic nitrogens is 2. The largest absolute Gasteiger partial charge is 0.497 e. The van der Waals surface area contributed by atoms with E-state index in [4.69, 9.17) is 4.74 Å². The average molecular weight is 391 g/mol. The molecule has 29 heavy (non-hydrogen) atoms. The zero-order valence-electron chi connectivity index (χ0n) is 16.8. The van der Waals surface area contributed by atoms with Crippen LogP contribution in [0.15, 0.2) is 54.6 Å². The van der Waals surface area contributed by atoms with Crippen LogP contribution < -0.4 is 20.7 Å². The Morgan fingerprint density at radius 2 is 1.62 bits per heavy atom. The topological polar surface area (TPSA) is 88.2 Å². The van der Waals surface area contributed by atoms with Gasteiger partial charge in [0.15, 0.2) is 0 Å². The summed E-state index contributed by atoms with van der Waals surface area (Å²) >= 11 is 0. The van der Waals surface area contributed by atoms with Crippen molar-refractivity contribution < 1.29 is 9.53 Å². The van der Waals surface area contributed by atoms with Gasteiger partial charge in [0.25, 0.3) is 0 Å². The molecule has 0 radical (unpaired) electrons. The Morgan fingerprint density at radius 1 is 0.966 bits per heavy atom. The lowest BCUT2D eigenvalue weighted by Gasteiger charge is -2.11. The van der Waals surface area contributed by atoms with Crippen LogP contribution >= 0.6 is 0 Å². The van der Waals surface area contributed by atoms with Crippen LogP contribution in [0, 0.1) is 6.92 Å². The van der Waals surface area contributed by atoms with E-state index in [1.54, 1.807) is 7.11 Å². The van der Waals surface area contributed by atoms with Gasteiger partial charge in [0.05, 0.1) is 7.11 Å². The summed E-state index contributed by atoms with van der Waals surface area (Å²) < 4.78 is 5.18. The molecule has 0 saturated carbocycles. The SMILES string of the molecule is COc1ccc(CCNc2cc(Nc3ccc(NC(C)=O)cc3)nc(C)n2)cc1. The molecule has 7 heteroatoms. The summed E-state index contributed by atoms with van der Waals surface area (Å²) in [7, 11) is 1.66. The third-order valence-corrected chi connectivity index (χ3v) is 4.19. The molecule has 1 aromatic heterocycles. The normalized spacial score (nSPS) is 10.3. The first kappa shape index (κ1) is 20.1. The molecule has 0 atom stereocenters. The van der Waals surface area contributed by atoms with E-state index in [0.29, 0.717) is 11.6 Å². The predicted molar refractivity (Wildman–Crippen MR) is 116 cm³/mol. The molecule has 7 nitrogen and oxygen atoms in total. The van der Waals surface area contributed by atoms with Crippen molar-refractivity contribution in [1.29, 1.82) is 0 Å². The van der Waals surface area contributed by atoms with Crippen LogP contribution in [0.1, 0.15) is 18.3 Å². The number of amides is 1. The fourth-order valence-electron chi connectivity index (χ4n) is 2.84. The van der Waals surface area contributed by atoms with Crippen molar-refractivity contribution in [1.82, 2.24) is 9.97 Å². The maximum absolute atomic E-state index is 11.1. The Balaban J connectivity index is 1.59. The second-order valence-electron chi connectivity index (χ2n) is 6.59. The van der Waals surface area contributed by atoms with Gasteiger partial charge in [-0.25, -0.2) is 9.97 Å². The molecular formula is C22H25N5O2. The number of ether oxygens (including phenoxy) is 1. The Morgan fingerprint density at radius 3 is 2.28 bits per heavy atom. The highest BCUT2D eigenvalue weighted by Crippen LogP contribution is 2.20. The minimum atomic E-state index is -0.0949. The van der Waals surface area contributed by atoms with E-state index in [1.807, 2.05) is 49.4 Å². The lowest BCUT2D eigenvalue weighted by atomic mass is 10.1. The molecule has 0 bridgehead atoms. The van der Waals surface area contributed by atoms with Crippen molar-refractivity contribution in [2.45, 2.75) is 20.3 Å². The monoisotopic (exact) mass is 391 g/mol. The molecule has 0 spiro atoms. The zero-order chi connectivity index (χ0) is 20.6. The fourth-order valence-corrected chi connectivity index (χ4v) is 2.84. The number of methoxy groups -OCH3 is 1. The lowest BCUT2D eigenvalue weighted by Crippen LogP contribution is -2.08. The third kappa shape index (κ3) is 6.21. The second kappa shape index (κ2) is 9.54. The van der Waals surface area contributed by atoms with Gasteiger partial charge in [-0.15, -0.1) is 0 Å². The Bertz CT molecular complexity index is 956. The minimum absolute atomic E-state index is 0.0949. The highest BCUT2D eigenvalue weighted by atomic mass is 16.5. The summed E-state index contributed by atoms with van der Waals surface area (Å²) in [6, 6.07) is 17.4. The van der Waals surface area contributed by atoms with Gasteiger partial charge in [-0.05, 0) is 55.3 Å². The Hall–Kier alpha value is -3.61. The van der Waals surface area contributed by atoms with Gasteiger partial charge < -0.3 is 20.7 Å². The van der Waals surface area contributed by atoms with Gasteiger partial charge in [-0.2, -0.15) is 0 Å². The number of nitrogens with one attached hydrogen (secondary N) is 3. The number of anilines is 4. The highest BCUT2D eigenvalue weighted by molar-refractivity contribution is 5.88. The summed E-state index contributed by atoms with van der Waals surface area (Å²) in [5.41, 5.74) is 2.85. The molecule has 1 heterocycles. The molecule has 0 aliphatic rings. The molecule has 2 aromatic carbocycles. The molecule has 0 aliphatic heterocycles. The molecule has 150 valence electrons.